The molecule has 1 aliphatic carbocycles. The fourth-order valence-corrected chi connectivity index (χ4v) is 7.67. The van der Waals surface area contributed by atoms with Crippen LogP contribution < -0.4 is 4.74 Å². The van der Waals surface area contributed by atoms with Gasteiger partial charge in [-0.15, -0.1) is 0 Å². The van der Waals surface area contributed by atoms with Crippen molar-refractivity contribution >= 4 is 43.5 Å². The third-order valence-electron chi connectivity index (χ3n) is 10.0. The van der Waals surface area contributed by atoms with Gasteiger partial charge in [-0.25, -0.2) is 9.97 Å². The van der Waals surface area contributed by atoms with Gasteiger partial charge in [-0.05, 0) is 53.6 Å². The molecule has 2 atom stereocenters. The maximum Gasteiger partial charge on any atom is 0.235 e. The molecule has 0 radical (unpaired) electrons. The number of aromatic nitrogens is 3. The largest absolute Gasteiger partial charge is 0.484 e. The molecule has 2 aromatic heterocycles. The molecule has 0 saturated heterocycles. The average molecular weight is 604 g/mol. The van der Waals surface area contributed by atoms with Crippen molar-refractivity contribution < 1.29 is 4.74 Å². The standard InChI is InChI=1S/C43H29N3O/c1-43-24-12-11-21-37(43)47-41-34(43)26-33(28-14-3-2-4-15-28)40-38(41)32-18-8-10-20-36(32)46(40)42-44-35-19-9-7-17-31(35)39(45-42)30-23-22-27-13-5-6-16-29(27)25-30/h2-26,37H,1H3. The summed E-state index contributed by atoms with van der Waals surface area (Å²) in [4.78, 5) is 10.7. The molecular formula is C43H29N3O. The first-order valence-electron chi connectivity index (χ1n) is 16.1. The van der Waals surface area contributed by atoms with Crippen LogP contribution in [0.4, 0.5) is 0 Å². The number of allylic oxidation sites excluding steroid dienone is 2. The third-order valence-corrected chi connectivity index (χ3v) is 10.0. The summed E-state index contributed by atoms with van der Waals surface area (Å²) in [7, 11) is 0. The molecule has 4 nitrogen and oxygen atoms in total. The van der Waals surface area contributed by atoms with E-state index < -0.39 is 0 Å². The smallest absolute Gasteiger partial charge is 0.235 e. The number of rotatable bonds is 3. The molecule has 3 heterocycles. The summed E-state index contributed by atoms with van der Waals surface area (Å²) < 4.78 is 9.14. The van der Waals surface area contributed by atoms with Crippen molar-refractivity contribution in [3.8, 4) is 34.1 Å². The normalized spacial score (nSPS) is 18.2. The zero-order valence-electron chi connectivity index (χ0n) is 25.8. The molecule has 0 saturated carbocycles. The highest BCUT2D eigenvalue weighted by atomic mass is 16.5. The zero-order chi connectivity index (χ0) is 31.1. The minimum absolute atomic E-state index is 0.0738. The lowest BCUT2D eigenvalue weighted by Gasteiger charge is -2.27. The van der Waals surface area contributed by atoms with E-state index in [2.05, 4.69) is 163 Å². The molecule has 2 unspecified atom stereocenters. The molecular weight excluding hydrogens is 574 g/mol. The van der Waals surface area contributed by atoms with Crippen molar-refractivity contribution in [3.63, 3.8) is 0 Å². The first-order chi connectivity index (χ1) is 23.2. The highest BCUT2D eigenvalue weighted by Crippen LogP contribution is 2.54. The van der Waals surface area contributed by atoms with E-state index in [0.717, 1.165) is 60.8 Å². The first-order valence-corrected chi connectivity index (χ1v) is 16.1. The van der Waals surface area contributed by atoms with Crippen molar-refractivity contribution in [3.05, 3.63) is 157 Å². The molecule has 4 heteroatoms. The molecule has 6 aromatic carbocycles. The summed E-state index contributed by atoms with van der Waals surface area (Å²) in [5.41, 5.74) is 8.17. The zero-order valence-corrected chi connectivity index (χ0v) is 25.8. The van der Waals surface area contributed by atoms with E-state index in [1.54, 1.807) is 0 Å². The molecule has 0 N–H and O–H groups in total. The predicted molar refractivity (Wildman–Crippen MR) is 192 cm³/mol. The Kier molecular flexibility index (Phi) is 5.44. The summed E-state index contributed by atoms with van der Waals surface area (Å²) in [5.74, 6) is 1.57. The maximum absolute atomic E-state index is 6.89. The van der Waals surface area contributed by atoms with Gasteiger partial charge in [0.1, 0.15) is 11.9 Å². The Labute approximate surface area is 271 Å². The number of ether oxygens (including phenoxy) is 1. The van der Waals surface area contributed by atoms with Crippen molar-refractivity contribution in [2.75, 3.05) is 0 Å². The summed E-state index contributed by atoms with van der Waals surface area (Å²) in [6.45, 7) is 2.28. The number of benzene rings is 6. The van der Waals surface area contributed by atoms with Crippen LogP contribution in [0, 0.1) is 0 Å². The third kappa shape index (κ3) is 3.76. The number of para-hydroxylation sites is 2. The topological polar surface area (TPSA) is 39.9 Å². The fourth-order valence-electron chi connectivity index (χ4n) is 7.67. The van der Waals surface area contributed by atoms with Gasteiger partial charge >= 0.3 is 0 Å². The Morgan fingerprint density at radius 1 is 0.681 bits per heavy atom. The van der Waals surface area contributed by atoms with E-state index in [9.17, 15) is 0 Å². The van der Waals surface area contributed by atoms with Crippen LogP contribution >= 0.6 is 0 Å². The summed E-state index contributed by atoms with van der Waals surface area (Å²) >= 11 is 0. The van der Waals surface area contributed by atoms with Crippen LogP contribution in [-0.4, -0.2) is 20.6 Å². The average Bonchev–Trinajstić information content (AvgIpc) is 3.63. The second kappa shape index (κ2) is 9.75. The summed E-state index contributed by atoms with van der Waals surface area (Å²) in [5, 5.41) is 5.63. The molecule has 0 amide bonds. The van der Waals surface area contributed by atoms with Gasteiger partial charge in [0.2, 0.25) is 5.95 Å². The van der Waals surface area contributed by atoms with E-state index in [-0.39, 0.29) is 11.5 Å². The predicted octanol–water partition coefficient (Wildman–Crippen LogP) is 10.4. The van der Waals surface area contributed by atoms with Crippen molar-refractivity contribution in [2.45, 2.75) is 18.4 Å². The number of hydrogen-bond acceptors (Lipinski definition) is 3. The van der Waals surface area contributed by atoms with Crippen LogP contribution in [0.5, 0.6) is 5.75 Å². The fraction of sp³-hybridized carbons (Fsp3) is 0.0698. The van der Waals surface area contributed by atoms with Gasteiger partial charge < -0.3 is 4.74 Å². The Bertz CT molecular complexity index is 2630. The lowest BCUT2D eigenvalue weighted by atomic mass is 9.75. The van der Waals surface area contributed by atoms with Crippen molar-refractivity contribution in [1.82, 2.24) is 14.5 Å². The van der Waals surface area contributed by atoms with Crippen LogP contribution in [0.25, 0.3) is 71.8 Å². The van der Waals surface area contributed by atoms with Gasteiger partial charge in [-0.3, -0.25) is 4.57 Å². The second-order valence-corrected chi connectivity index (χ2v) is 12.8. The molecule has 222 valence electrons. The minimum atomic E-state index is -0.270. The van der Waals surface area contributed by atoms with Gasteiger partial charge in [-0.1, -0.05) is 121 Å². The number of hydrogen-bond donors (Lipinski definition) is 0. The van der Waals surface area contributed by atoms with Crippen molar-refractivity contribution in [2.24, 2.45) is 0 Å². The molecule has 10 rings (SSSR count). The Hall–Kier alpha value is -6.00. The van der Waals surface area contributed by atoms with Gasteiger partial charge in [0, 0.05) is 27.5 Å². The maximum atomic E-state index is 6.89. The highest BCUT2D eigenvalue weighted by Gasteiger charge is 2.45. The molecule has 1 aliphatic heterocycles. The Morgan fingerprint density at radius 2 is 1.45 bits per heavy atom. The quantitative estimate of drug-likeness (QED) is 0.202. The molecule has 0 fully saturated rings. The van der Waals surface area contributed by atoms with Crippen LogP contribution in [0.3, 0.4) is 0 Å². The van der Waals surface area contributed by atoms with E-state index in [1.165, 1.54) is 16.3 Å². The van der Waals surface area contributed by atoms with E-state index >= 15 is 0 Å². The number of nitrogens with zero attached hydrogens (tertiary/aromatic N) is 3. The highest BCUT2D eigenvalue weighted by molar-refractivity contribution is 6.17. The first kappa shape index (κ1) is 26.2. The van der Waals surface area contributed by atoms with Crippen LogP contribution in [0.15, 0.2) is 152 Å². The molecule has 0 bridgehead atoms. The van der Waals surface area contributed by atoms with Gasteiger partial charge in [0.15, 0.2) is 0 Å². The van der Waals surface area contributed by atoms with E-state index in [1.807, 2.05) is 0 Å². The van der Waals surface area contributed by atoms with Crippen LogP contribution in [0.2, 0.25) is 0 Å². The lowest BCUT2D eigenvalue weighted by molar-refractivity contribution is 0.230. The van der Waals surface area contributed by atoms with Gasteiger partial charge in [0.25, 0.3) is 0 Å². The summed E-state index contributed by atoms with van der Waals surface area (Å²) in [6.07, 6.45) is 8.62. The van der Waals surface area contributed by atoms with E-state index in [0.29, 0.717) is 5.95 Å². The minimum Gasteiger partial charge on any atom is -0.484 e. The number of fused-ring (bicyclic) bond motifs is 9. The van der Waals surface area contributed by atoms with Crippen LogP contribution in [0.1, 0.15) is 12.5 Å². The SMILES string of the molecule is CC12C=CC=CC1Oc1c2cc(-c2ccccc2)c2c1c1ccccc1n2-c1nc(-c2ccc3ccccc3c2)c2ccccc2n1. The second-order valence-electron chi connectivity index (χ2n) is 12.8. The molecule has 8 aromatic rings. The monoisotopic (exact) mass is 603 g/mol. The van der Waals surface area contributed by atoms with E-state index in [4.69, 9.17) is 14.7 Å². The van der Waals surface area contributed by atoms with Crippen LogP contribution in [-0.2, 0) is 5.41 Å². The van der Waals surface area contributed by atoms with Crippen molar-refractivity contribution in [1.29, 1.82) is 0 Å². The molecule has 2 aliphatic rings. The Morgan fingerprint density at radius 3 is 2.34 bits per heavy atom. The molecule has 0 spiro atoms. The Balaban J connectivity index is 1.34. The van der Waals surface area contributed by atoms with Gasteiger partial charge in [-0.2, -0.15) is 0 Å². The molecule has 47 heavy (non-hydrogen) atoms. The van der Waals surface area contributed by atoms with Gasteiger partial charge in [0.05, 0.1) is 33.0 Å². The summed E-state index contributed by atoms with van der Waals surface area (Å²) in [6, 6.07) is 45.0. The lowest BCUT2D eigenvalue weighted by Crippen LogP contribution is -2.32.